The molecule has 0 aliphatic rings. The van der Waals surface area contributed by atoms with Crippen LogP contribution in [0.2, 0.25) is 0 Å². The molecule has 0 heterocycles. The molecule has 1 N–H and O–H groups in total. The lowest BCUT2D eigenvalue weighted by Crippen LogP contribution is -2.12. The van der Waals surface area contributed by atoms with Gasteiger partial charge < -0.3 is 10.1 Å². The molecule has 3 heteroatoms. The molecule has 0 fully saturated rings. The molecule has 0 radical (unpaired) electrons. The lowest BCUT2D eigenvalue weighted by molar-refractivity contribution is 0.102. The van der Waals surface area contributed by atoms with E-state index in [0.717, 1.165) is 11.3 Å². The molecule has 3 aromatic rings. The van der Waals surface area contributed by atoms with Gasteiger partial charge in [0.1, 0.15) is 5.75 Å². The van der Waals surface area contributed by atoms with E-state index < -0.39 is 0 Å². The molecule has 3 aromatic carbocycles. The number of hydrogen-bond donors (Lipinski definition) is 1. The first-order chi connectivity index (χ1) is 11.6. The van der Waals surface area contributed by atoms with Crippen LogP contribution in [0, 0.1) is 13.8 Å². The largest absolute Gasteiger partial charge is 0.455 e. The first-order valence-corrected chi connectivity index (χ1v) is 7.83. The maximum Gasteiger partial charge on any atom is 0.255 e. The molecule has 0 spiro atoms. The van der Waals surface area contributed by atoms with E-state index >= 15 is 0 Å². The van der Waals surface area contributed by atoms with Crippen LogP contribution in [-0.2, 0) is 0 Å². The molecular formula is C21H19NO2. The Kier molecular flexibility index (Phi) is 4.62. The third-order valence-electron chi connectivity index (χ3n) is 3.66. The van der Waals surface area contributed by atoms with Gasteiger partial charge in [0, 0.05) is 5.56 Å². The number of para-hydroxylation sites is 2. The molecule has 0 atom stereocenters. The summed E-state index contributed by atoms with van der Waals surface area (Å²) in [6, 6.07) is 22.7. The van der Waals surface area contributed by atoms with E-state index in [9.17, 15) is 4.79 Å². The van der Waals surface area contributed by atoms with Crippen LogP contribution in [0.1, 0.15) is 21.5 Å². The Morgan fingerprint density at radius 1 is 0.833 bits per heavy atom. The minimum atomic E-state index is -0.154. The SMILES string of the molecule is Cc1ccc(Oc2ccccc2NC(=O)c2cccc(C)c2)cc1. The van der Waals surface area contributed by atoms with Crippen molar-refractivity contribution in [3.63, 3.8) is 0 Å². The molecule has 0 aliphatic heterocycles. The van der Waals surface area contributed by atoms with Crippen LogP contribution < -0.4 is 10.1 Å². The Bertz CT molecular complexity index is 854. The molecule has 0 bridgehead atoms. The second kappa shape index (κ2) is 7.01. The van der Waals surface area contributed by atoms with Gasteiger partial charge in [0.25, 0.3) is 5.91 Å². The van der Waals surface area contributed by atoms with Gasteiger partial charge in [-0.1, -0.05) is 47.5 Å². The average Bonchev–Trinajstić information content (AvgIpc) is 2.58. The fourth-order valence-corrected chi connectivity index (χ4v) is 2.37. The first kappa shape index (κ1) is 15.8. The van der Waals surface area contributed by atoms with E-state index in [2.05, 4.69) is 5.32 Å². The average molecular weight is 317 g/mol. The summed E-state index contributed by atoms with van der Waals surface area (Å²) in [5, 5.41) is 2.92. The minimum absolute atomic E-state index is 0.154. The van der Waals surface area contributed by atoms with Crippen LogP contribution in [0.15, 0.2) is 72.8 Å². The first-order valence-electron chi connectivity index (χ1n) is 7.83. The topological polar surface area (TPSA) is 38.3 Å². The number of nitrogens with one attached hydrogen (secondary N) is 1. The number of hydrogen-bond acceptors (Lipinski definition) is 2. The van der Waals surface area contributed by atoms with Crippen LogP contribution in [0.3, 0.4) is 0 Å². The number of anilines is 1. The normalized spacial score (nSPS) is 10.2. The monoisotopic (exact) mass is 317 g/mol. The summed E-state index contributed by atoms with van der Waals surface area (Å²) in [4.78, 5) is 12.4. The summed E-state index contributed by atoms with van der Waals surface area (Å²) in [5.41, 5.74) is 3.49. The van der Waals surface area contributed by atoms with E-state index in [4.69, 9.17) is 4.74 Å². The fraction of sp³-hybridized carbons (Fsp3) is 0.0952. The number of benzene rings is 3. The van der Waals surface area contributed by atoms with Gasteiger partial charge >= 0.3 is 0 Å². The predicted octanol–water partition coefficient (Wildman–Crippen LogP) is 5.35. The summed E-state index contributed by atoms with van der Waals surface area (Å²) in [6.07, 6.45) is 0. The molecule has 0 aromatic heterocycles. The van der Waals surface area contributed by atoms with Crippen molar-refractivity contribution < 1.29 is 9.53 Å². The van der Waals surface area contributed by atoms with Crippen molar-refractivity contribution in [1.29, 1.82) is 0 Å². The van der Waals surface area contributed by atoms with Crippen LogP contribution in [0.4, 0.5) is 5.69 Å². The lowest BCUT2D eigenvalue weighted by atomic mass is 10.1. The molecule has 0 saturated heterocycles. The number of aryl methyl sites for hydroxylation is 2. The van der Waals surface area contributed by atoms with E-state index in [1.807, 2.05) is 80.6 Å². The van der Waals surface area contributed by atoms with Crippen molar-refractivity contribution in [2.24, 2.45) is 0 Å². The highest BCUT2D eigenvalue weighted by atomic mass is 16.5. The van der Waals surface area contributed by atoms with E-state index in [1.54, 1.807) is 6.07 Å². The Hall–Kier alpha value is -3.07. The smallest absolute Gasteiger partial charge is 0.255 e. The molecule has 24 heavy (non-hydrogen) atoms. The van der Waals surface area contributed by atoms with Crippen LogP contribution in [0.25, 0.3) is 0 Å². The van der Waals surface area contributed by atoms with Gasteiger partial charge in [-0.05, 0) is 50.2 Å². The van der Waals surface area contributed by atoms with Crippen molar-refractivity contribution in [3.05, 3.63) is 89.5 Å². The molecule has 3 rings (SSSR count). The second-order valence-electron chi connectivity index (χ2n) is 5.73. The van der Waals surface area contributed by atoms with E-state index in [0.29, 0.717) is 17.0 Å². The molecule has 1 amide bonds. The van der Waals surface area contributed by atoms with Gasteiger partial charge in [-0.3, -0.25) is 4.79 Å². The summed E-state index contributed by atoms with van der Waals surface area (Å²) >= 11 is 0. The lowest BCUT2D eigenvalue weighted by Gasteiger charge is -2.12. The molecule has 120 valence electrons. The molecular weight excluding hydrogens is 298 g/mol. The fourth-order valence-electron chi connectivity index (χ4n) is 2.37. The highest BCUT2D eigenvalue weighted by molar-refractivity contribution is 6.05. The summed E-state index contributed by atoms with van der Waals surface area (Å²) < 4.78 is 5.91. The zero-order valence-electron chi connectivity index (χ0n) is 13.7. The highest BCUT2D eigenvalue weighted by Gasteiger charge is 2.10. The molecule has 0 unspecified atom stereocenters. The van der Waals surface area contributed by atoms with Crippen LogP contribution >= 0.6 is 0 Å². The molecule has 0 aliphatic carbocycles. The van der Waals surface area contributed by atoms with Gasteiger partial charge in [0.05, 0.1) is 5.69 Å². The Morgan fingerprint density at radius 3 is 2.33 bits per heavy atom. The van der Waals surface area contributed by atoms with Gasteiger partial charge in [0.2, 0.25) is 0 Å². The predicted molar refractivity (Wildman–Crippen MR) is 96.8 cm³/mol. The Labute approximate surface area is 141 Å². The number of ether oxygens (including phenoxy) is 1. The second-order valence-corrected chi connectivity index (χ2v) is 5.73. The third kappa shape index (κ3) is 3.82. The summed E-state index contributed by atoms with van der Waals surface area (Å²) in [5.74, 6) is 1.19. The van der Waals surface area contributed by atoms with Gasteiger partial charge in [-0.15, -0.1) is 0 Å². The maximum atomic E-state index is 12.4. The summed E-state index contributed by atoms with van der Waals surface area (Å²) in [6.45, 7) is 3.99. The van der Waals surface area contributed by atoms with Crippen molar-refractivity contribution in [2.45, 2.75) is 13.8 Å². The van der Waals surface area contributed by atoms with E-state index in [-0.39, 0.29) is 5.91 Å². The van der Waals surface area contributed by atoms with Crippen LogP contribution in [-0.4, -0.2) is 5.91 Å². The van der Waals surface area contributed by atoms with Crippen molar-refractivity contribution >= 4 is 11.6 Å². The quantitative estimate of drug-likeness (QED) is 0.704. The number of amides is 1. The van der Waals surface area contributed by atoms with Crippen molar-refractivity contribution in [3.8, 4) is 11.5 Å². The zero-order chi connectivity index (χ0) is 16.9. The van der Waals surface area contributed by atoms with Crippen molar-refractivity contribution in [2.75, 3.05) is 5.32 Å². The van der Waals surface area contributed by atoms with Gasteiger partial charge in [-0.2, -0.15) is 0 Å². The third-order valence-corrected chi connectivity index (χ3v) is 3.66. The number of carbonyl (C=O) groups is 1. The van der Waals surface area contributed by atoms with Crippen LogP contribution in [0.5, 0.6) is 11.5 Å². The zero-order valence-corrected chi connectivity index (χ0v) is 13.7. The van der Waals surface area contributed by atoms with Gasteiger partial charge in [0.15, 0.2) is 5.75 Å². The molecule has 3 nitrogen and oxygen atoms in total. The van der Waals surface area contributed by atoms with Gasteiger partial charge in [-0.25, -0.2) is 0 Å². The molecule has 0 saturated carbocycles. The highest BCUT2D eigenvalue weighted by Crippen LogP contribution is 2.29. The van der Waals surface area contributed by atoms with E-state index in [1.165, 1.54) is 5.56 Å². The number of carbonyl (C=O) groups excluding carboxylic acids is 1. The van der Waals surface area contributed by atoms with Crippen molar-refractivity contribution in [1.82, 2.24) is 0 Å². The Morgan fingerprint density at radius 2 is 1.58 bits per heavy atom. The maximum absolute atomic E-state index is 12.4. The standard InChI is InChI=1S/C21H19NO2/c1-15-10-12-18(13-11-15)24-20-9-4-3-8-19(20)22-21(23)17-7-5-6-16(2)14-17/h3-14H,1-2H3,(H,22,23). The minimum Gasteiger partial charge on any atom is -0.455 e. The Balaban J connectivity index is 1.81. The summed E-state index contributed by atoms with van der Waals surface area (Å²) in [7, 11) is 0. The number of rotatable bonds is 4.